The molecule has 0 spiro atoms. The molecule has 0 amide bonds. The lowest BCUT2D eigenvalue weighted by atomic mass is 10.3. The SMILES string of the molecule is O=C(O)CN(c1ccc(O)cc1)S(=O)(=O)c1ccc(Cl)s1. The minimum absolute atomic E-state index is 0.0504. The molecule has 0 fully saturated rings. The van der Waals surface area contributed by atoms with E-state index >= 15 is 0 Å². The Bertz CT molecular complexity index is 754. The van der Waals surface area contributed by atoms with Crippen LogP contribution < -0.4 is 4.31 Å². The van der Waals surface area contributed by atoms with Crippen LogP contribution in [0.2, 0.25) is 4.34 Å². The van der Waals surface area contributed by atoms with Gasteiger partial charge in [-0.25, -0.2) is 8.42 Å². The molecule has 0 aliphatic heterocycles. The second-order valence-electron chi connectivity index (χ2n) is 3.98. The van der Waals surface area contributed by atoms with Gasteiger partial charge in [-0.3, -0.25) is 9.10 Å². The van der Waals surface area contributed by atoms with Gasteiger partial charge >= 0.3 is 5.97 Å². The first-order valence-electron chi connectivity index (χ1n) is 5.59. The van der Waals surface area contributed by atoms with Crippen LogP contribution in [0.1, 0.15) is 0 Å². The standard InChI is InChI=1S/C12H10ClNO5S2/c13-10-5-6-12(20-10)21(18,19)14(7-11(16)17)8-1-3-9(15)4-2-8/h1-6,15H,7H2,(H,16,17). The van der Waals surface area contributed by atoms with Crippen molar-refractivity contribution in [2.75, 3.05) is 10.8 Å². The number of hydrogen-bond donors (Lipinski definition) is 2. The van der Waals surface area contributed by atoms with Crippen molar-refractivity contribution in [1.82, 2.24) is 0 Å². The number of aliphatic carboxylic acids is 1. The van der Waals surface area contributed by atoms with Gasteiger partial charge in [0.15, 0.2) is 0 Å². The van der Waals surface area contributed by atoms with Gasteiger partial charge in [0.05, 0.1) is 10.0 Å². The van der Waals surface area contributed by atoms with Gasteiger partial charge in [0.25, 0.3) is 10.0 Å². The smallest absolute Gasteiger partial charge is 0.324 e. The fraction of sp³-hybridized carbons (Fsp3) is 0.0833. The summed E-state index contributed by atoms with van der Waals surface area (Å²) in [5.41, 5.74) is 0.139. The Balaban J connectivity index is 2.49. The number of phenols is 1. The molecule has 2 aromatic rings. The Hall–Kier alpha value is -1.77. The van der Waals surface area contributed by atoms with Crippen molar-refractivity contribution in [2.45, 2.75) is 4.21 Å². The van der Waals surface area contributed by atoms with Gasteiger partial charge in [-0.15, -0.1) is 11.3 Å². The Morgan fingerprint density at radius 1 is 1.19 bits per heavy atom. The molecule has 1 heterocycles. The summed E-state index contributed by atoms with van der Waals surface area (Å²) in [7, 11) is -4.04. The van der Waals surface area contributed by atoms with Crippen molar-refractivity contribution in [2.24, 2.45) is 0 Å². The molecule has 1 aromatic carbocycles. The second-order valence-corrected chi connectivity index (χ2v) is 7.78. The highest BCUT2D eigenvalue weighted by atomic mass is 35.5. The van der Waals surface area contributed by atoms with E-state index in [2.05, 4.69) is 0 Å². The van der Waals surface area contributed by atoms with Gasteiger partial charge in [-0.1, -0.05) is 11.6 Å². The zero-order valence-corrected chi connectivity index (χ0v) is 12.8. The van der Waals surface area contributed by atoms with E-state index in [0.29, 0.717) is 0 Å². The first kappa shape index (κ1) is 15.6. The molecule has 0 aliphatic carbocycles. The molecule has 6 nitrogen and oxygen atoms in total. The number of rotatable bonds is 5. The summed E-state index contributed by atoms with van der Waals surface area (Å²) in [6.07, 6.45) is 0. The van der Waals surface area contributed by atoms with E-state index in [1.165, 1.54) is 36.4 Å². The van der Waals surface area contributed by atoms with Gasteiger partial charge in [-0.05, 0) is 36.4 Å². The third-order valence-corrected chi connectivity index (χ3v) is 5.98. The molecule has 0 unspecified atom stereocenters. The minimum Gasteiger partial charge on any atom is -0.508 e. The Labute approximate surface area is 129 Å². The molecule has 112 valence electrons. The lowest BCUT2D eigenvalue weighted by molar-refractivity contribution is -0.135. The maximum Gasteiger partial charge on any atom is 0.324 e. The van der Waals surface area contributed by atoms with Crippen molar-refractivity contribution in [1.29, 1.82) is 0 Å². The van der Waals surface area contributed by atoms with Crippen molar-refractivity contribution in [3.8, 4) is 5.75 Å². The summed E-state index contributed by atoms with van der Waals surface area (Å²) < 4.78 is 26.0. The van der Waals surface area contributed by atoms with Gasteiger partial charge < -0.3 is 10.2 Å². The molecule has 2 rings (SSSR count). The summed E-state index contributed by atoms with van der Waals surface area (Å²) >= 11 is 6.57. The van der Waals surface area contributed by atoms with Gasteiger partial charge in [0.2, 0.25) is 0 Å². The molecule has 0 radical (unpaired) electrons. The molecule has 9 heteroatoms. The lowest BCUT2D eigenvalue weighted by Crippen LogP contribution is -2.35. The Morgan fingerprint density at radius 2 is 1.81 bits per heavy atom. The molecule has 21 heavy (non-hydrogen) atoms. The number of benzene rings is 1. The Morgan fingerprint density at radius 3 is 2.29 bits per heavy atom. The number of carboxylic acid groups (broad SMARTS) is 1. The summed E-state index contributed by atoms with van der Waals surface area (Å²) in [5.74, 6) is -1.35. The van der Waals surface area contributed by atoms with Crippen molar-refractivity contribution in [3.05, 3.63) is 40.7 Å². The molecule has 0 saturated heterocycles. The number of aromatic hydroxyl groups is 1. The zero-order chi connectivity index (χ0) is 15.6. The molecule has 1 aromatic heterocycles. The summed E-state index contributed by atoms with van der Waals surface area (Å²) in [5, 5.41) is 18.2. The van der Waals surface area contributed by atoms with Crippen LogP contribution in [0.5, 0.6) is 5.75 Å². The van der Waals surface area contributed by atoms with E-state index in [1.807, 2.05) is 0 Å². The number of halogens is 1. The predicted octanol–water partition coefficient (Wildman–Crippen LogP) is 2.39. The Kier molecular flexibility index (Phi) is 4.40. The van der Waals surface area contributed by atoms with E-state index in [9.17, 15) is 18.3 Å². The van der Waals surface area contributed by atoms with Crippen molar-refractivity contribution < 1.29 is 23.4 Å². The van der Waals surface area contributed by atoms with Crippen LogP contribution in [0.4, 0.5) is 5.69 Å². The maximum atomic E-state index is 12.5. The van der Waals surface area contributed by atoms with Crippen LogP contribution in [0.15, 0.2) is 40.6 Å². The van der Waals surface area contributed by atoms with Crippen LogP contribution in [-0.2, 0) is 14.8 Å². The van der Waals surface area contributed by atoms with E-state index < -0.39 is 22.5 Å². The highest BCUT2D eigenvalue weighted by Crippen LogP contribution is 2.31. The second kappa shape index (κ2) is 5.92. The number of anilines is 1. The zero-order valence-electron chi connectivity index (χ0n) is 10.4. The van der Waals surface area contributed by atoms with E-state index in [4.69, 9.17) is 16.7 Å². The molecular weight excluding hydrogens is 338 g/mol. The van der Waals surface area contributed by atoms with Crippen molar-refractivity contribution >= 4 is 44.6 Å². The van der Waals surface area contributed by atoms with Crippen LogP contribution >= 0.6 is 22.9 Å². The highest BCUT2D eigenvalue weighted by molar-refractivity contribution is 7.94. The third kappa shape index (κ3) is 3.46. The number of nitrogens with zero attached hydrogens (tertiary/aromatic N) is 1. The van der Waals surface area contributed by atoms with Crippen LogP contribution in [0.25, 0.3) is 0 Å². The quantitative estimate of drug-likeness (QED) is 0.865. The number of carboxylic acids is 1. The van der Waals surface area contributed by atoms with Gasteiger partial charge in [-0.2, -0.15) is 0 Å². The molecule has 0 atom stereocenters. The molecule has 2 N–H and O–H groups in total. The monoisotopic (exact) mass is 347 g/mol. The fourth-order valence-corrected chi connectivity index (χ4v) is 4.61. The molecule has 0 aliphatic rings. The normalized spacial score (nSPS) is 11.3. The number of carbonyl (C=O) groups is 1. The van der Waals surface area contributed by atoms with Crippen LogP contribution in [0, 0.1) is 0 Å². The van der Waals surface area contributed by atoms with E-state index in [1.54, 1.807) is 0 Å². The highest BCUT2D eigenvalue weighted by Gasteiger charge is 2.28. The third-order valence-electron chi connectivity index (χ3n) is 2.51. The summed E-state index contributed by atoms with van der Waals surface area (Å²) in [6.45, 7) is -0.734. The van der Waals surface area contributed by atoms with E-state index in [0.717, 1.165) is 15.6 Å². The minimum atomic E-state index is -4.04. The topological polar surface area (TPSA) is 94.9 Å². The molecule has 0 bridgehead atoms. The first-order valence-corrected chi connectivity index (χ1v) is 8.23. The number of phenolic OH excluding ortho intramolecular Hbond substituents is 1. The molecular formula is C12H10ClNO5S2. The van der Waals surface area contributed by atoms with Crippen LogP contribution in [0.3, 0.4) is 0 Å². The molecule has 0 saturated carbocycles. The summed E-state index contributed by atoms with van der Waals surface area (Å²) in [6, 6.07) is 7.95. The number of thiophene rings is 1. The largest absolute Gasteiger partial charge is 0.508 e. The number of hydrogen-bond acceptors (Lipinski definition) is 5. The average Bonchev–Trinajstić information content (AvgIpc) is 2.84. The van der Waals surface area contributed by atoms with Crippen LogP contribution in [-0.4, -0.2) is 31.1 Å². The predicted molar refractivity (Wildman–Crippen MR) is 79.6 cm³/mol. The average molecular weight is 348 g/mol. The maximum absolute atomic E-state index is 12.5. The van der Waals surface area contributed by atoms with Gasteiger partial charge in [0.1, 0.15) is 16.5 Å². The van der Waals surface area contributed by atoms with Gasteiger partial charge in [0, 0.05) is 0 Å². The lowest BCUT2D eigenvalue weighted by Gasteiger charge is -2.21. The number of sulfonamides is 1. The summed E-state index contributed by atoms with van der Waals surface area (Å²) in [4.78, 5) is 11.0. The first-order chi connectivity index (χ1) is 9.80. The fourth-order valence-electron chi connectivity index (χ4n) is 1.60. The van der Waals surface area contributed by atoms with Crippen molar-refractivity contribution in [3.63, 3.8) is 0 Å². The van der Waals surface area contributed by atoms with E-state index in [-0.39, 0.29) is 20.0 Å².